The molecule has 0 saturated heterocycles. The normalized spacial score (nSPS) is 15.6. The quantitative estimate of drug-likeness (QED) is 0.547. The SMILES string of the molecule is Cc1nc(CCc2cnn(Cc3cncc(C(F)(F)F)c3)c2)nc2c1NC(=O)[C@H](C(C)C)N2C.S. The number of anilines is 2. The van der Waals surface area contributed by atoms with Crippen molar-refractivity contribution in [2.24, 2.45) is 5.92 Å². The second kappa shape index (κ2) is 10.2. The van der Waals surface area contributed by atoms with Crippen LogP contribution in [0.15, 0.2) is 30.9 Å². The first-order valence-electron chi connectivity index (χ1n) is 11.0. The molecule has 0 spiro atoms. The third kappa shape index (κ3) is 5.75. The molecule has 35 heavy (non-hydrogen) atoms. The van der Waals surface area contributed by atoms with Crippen molar-refractivity contribution in [3.63, 3.8) is 0 Å². The number of fused-ring (bicyclic) bond motifs is 1. The predicted octanol–water partition coefficient (Wildman–Crippen LogP) is 3.75. The summed E-state index contributed by atoms with van der Waals surface area (Å²) in [5, 5.41) is 7.20. The van der Waals surface area contributed by atoms with Gasteiger partial charge >= 0.3 is 6.18 Å². The Bertz CT molecular complexity index is 1210. The first kappa shape index (κ1) is 26.5. The standard InChI is InChI=1S/C23H26F3N7O.H2S/c1-13(2)20-22(34)31-19-14(3)29-18(30-21(19)32(20)4)6-5-15-9-28-33(11-15)12-16-7-17(10-27-8-16)23(24,25)26;/h7-11,13,20H,5-6,12H2,1-4H3,(H,31,34);1H2/t20-;/m0./s1. The van der Waals surface area contributed by atoms with Crippen LogP contribution in [0.25, 0.3) is 0 Å². The molecule has 0 radical (unpaired) electrons. The number of aryl methyl sites for hydroxylation is 3. The number of hydrogen-bond acceptors (Lipinski definition) is 6. The van der Waals surface area contributed by atoms with Gasteiger partial charge in [-0.05, 0) is 36.5 Å². The van der Waals surface area contributed by atoms with E-state index in [0.717, 1.165) is 17.8 Å². The molecule has 0 bridgehead atoms. The van der Waals surface area contributed by atoms with E-state index >= 15 is 0 Å². The van der Waals surface area contributed by atoms with E-state index in [4.69, 9.17) is 4.98 Å². The second-order valence-corrected chi connectivity index (χ2v) is 8.84. The first-order valence-corrected chi connectivity index (χ1v) is 11.0. The summed E-state index contributed by atoms with van der Waals surface area (Å²) < 4.78 is 40.3. The van der Waals surface area contributed by atoms with Gasteiger partial charge in [0.05, 0.1) is 24.0 Å². The van der Waals surface area contributed by atoms with Crippen LogP contribution in [0.3, 0.4) is 0 Å². The largest absolute Gasteiger partial charge is 0.417 e. The zero-order chi connectivity index (χ0) is 24.6. The van der Waals surface area contributed by atoms with Crippen LogP contribution in [-0.2, 0) is 30.4 Å². The van der Waals surface area contributed by atoms with Gasteiger partial charge in [-0.25, -0.2) is 9.97 Å². The van der Waals surface area contributed by atoms with E-state index < -0.39 is 11.7 Å². The van der Waals surface area contributed by atoms with Crippen molar-refractivity contribution >= 4 is 30.9 Å². The molecule has 0 unspecified atom stereocenters. The minimum Gasteiger partial charge on any atom is -0.346 e. The highest BCUT2D eigenvalue weighted by atomic mass is 32.1. The number of nitrogens with zero attached hydrogens (tertiary/aromatic N) is 6. The van der Waals surface area contributed by atoms with Crippen molar-refractivity contribution in [1.29, 1.82) is 0 Å². The lowest BCUT2D eigenvalue weighted by Gasteiger charge is -2.36. The molecule has 1 aliphatic rings. The predicted molar refractivity (Wildman–Crippen MR) is 131 cm³/mol. The topological polar surface area (TPSA) is 88.8 Å². The van der Waals surface area contributed by atoms with Crippen LogP contribution < -0.4 is 10.2 Å². The van der Waals surface area contributed by atoms with E-state index in [1.54, 1.807) is 17.1 Å². The molecule has 0 fully saturated rings. The van der Waals surface area contributed by atoms with E-state index in [1.165, 1.54) is 6.20 Å². The highest BCUT2D eigenvalue weighted by Gasteiger charge is 2.35. The molecule has 1 aliphatic heterocycles. The average Bonchev–Trinajstić information content (AvgIpc) is 3.20. The Balaban J connectivity index is 0.00000342. The van der Waals surface area contributed by atoms with Gasteiger partial charge in [-0.3, -0.25) is 14.5 Å². The van der Waals surface area contributed by atoms with E-state index in [1.807, 2.05) is 32.7 Å². The van der Waals surface area contributed by atoms with Crippen molar-refractivity contribution < 1.29 is 18.0 Å². The summed E-state index contributed by atoms with van der Waals surface area (Å²) >= 11 is 0. The Morgan fingerprint density at radius 1 is 1.11 bits per heavy atom. The van der Waals surface area contributed by atoms with E-state index in [-0.39, 0.29) is 37.9 Å². The second-order valence-electron chi connectivity index (χ2n) is 8.84. The number of rotatable bonds is 6. The molecule has 0 aliphatic carbocycles. The molecule has 3 aromatic rings. The highest BCUT2D eigenvalue weighted by Crippen LogP contribution is 2.33. The molecular formula is C23H28F3N7OS. The molecule has 8 nitrogen and oxygen atoms in total. The molecule has 0 saturated carbocycles. The number of hydrogen-bond donors (Lipinski definition) is 1. The summed E-state index contributed by atoms with van der Waals surface area (Å²) in [7, 11) is 1.87. The fourth-order valence-electron chi connectivity index (χ4n) is 4.18. The Kier molecular flexibility index (Phi) is 7.73. The Labute approximate surface area is 208 Å². The lowest BCUT2D eigenvalue weighted by atomic mass is 9.99. The minimum absolute atomic E-state index is 0. The fraction of sp³-hybridized carbons (Fsp3) is 0.435. The number of carbonyl (C=O) groups is 1. The average molecular weight is 508 g/mol. The van der Waals surface area contributed by atoms with Crippen LogP contribution >= 0.6 is 13.5 Å². The minimum atomic E-state index is -4.43. The van der Waals surface area contributed by atoms with Gasteiger partial charge in [-0.15, -0.1) is 0 Å². The third-order valence-electron chi connectivity index (χ3n) is 5.81. The Morgan fingerprint density at radius 2 is 1.86 bits per heavy atom. The zero-order valence-electron chi connectivity index (χ0n) is 19.9. The van der Waals surface area contributed by atoms with Crippen LogP contribution in [0.2, 0.25) is 0 Å². The summed E-state index contributed by atoms with van der Waals surface area (Å²) in [6.07, 6.45) is 2.43. The maximum absolute atomic E-state index is 12.9. The van der Waals surface area contributed by atoms with E-state index in [0.29, 0.717) is 41.4 Å². The number of amides is 1. The van der Waals surface area contributed by atoms with Gasteiger partial charge in [0.15, 0.2) is 5.82 Å². The van der Waals surface area contributed by atoms with Crippen LogP contribution in [0.1, 0.15) is 42.1 Å². The molecule has 1 N–H and O–H groups in total. The number of pyridine rings is 1. The number of carbonyl (C=O) groups excluding carboxylic acids is 1. The number of halogens is 3. The maximum Gasteiger partial charge on any atom is 0.417 e. The molecular weight excluding hydrogens is 479 g/mol. The van der Waals surface area contributed by atoms with Crippen molar-refractivity contribution in [3.8, 4) is 0 Å². The Hall–Kier alpha value is -3.15. The molecule has 1 atom stereocenters. The first-order chi connectivity index (χ1) is 16.0. The van der Waals surface area contributed by atoms with Crippen molar-refractivity contribution in [2.75, 3.05) is 17.3 Å². The van der Waals surface area contributed by atoms with Crippen molar-refractivity contribution in [3.05, 3.63) is 59.1 Å². The van der Waals surface area contributed by atoms with Gasteiger partial charge in [0.1, 0.15) is 17.6 Å². The van der Waals surface area contributed by atoms with Crippen molar-refractivity contribution in [2.45, 2.75) is 52.4 Å². The molecule has 3 aromatic heterocycles. The highest BCUT2D eigenvalue weighted by molar-refractivity contribution is 7.59. The third-order valence-corrected chi connectivity index (χ3v) is 5.81. The van der Waals surface area contributed by atoms with Gasteiger partial charge in [0.2, 0.25) is 5.91 Å². The van der Waals surface area contributed by atoms with E-state index in [9.17, 15) is 18.0 Å². The molecule has 1 amide bonds. The molecule has 188 valence electrons. The lowest BCUT2D eigenvalue weighted by molar-refractivity contribution is -0.137. The zero-order valence-corrected chi connectivity index (χ0v) is 20.9. The lowest BCUT2D eigenvalue weighted by Crippen LogP contribution is -2.49. The maximum atomic E-state index is 12.9. The number of likely N-dealkylation sites (N-methyl/N-ethyl adjacent to an activating group) is 1. The monoisotopic (exact) mass is 507 g/mol. The van der Waals surface area contributed by atoms with E-state index in [2.05, 4.69) is 20.4 Å². The summed E-state index contributed by atoms with van der Waals surface area (Å²) in [5.74, 6) is 1.41. The van der Waals surface area contributed by atoms with Crippen LogP contribution in [0.5, 0.6) is 0 Å². The van der Waals surface area contributed by atoms with Gasteiger partial charge in [0, 0.05) is 32.1 Å². The Morgan fingerprint density at radius 3 is 2.54 bits per heavy atom. The van der Waals surface area contributed by atoms with Gasteiger partial charge < -0.3 is 10.2 Å². The van der Waals surface area contributed by atoms with Crippen molar-refractivity contribution in [1.82, 2.24) is 24.7 Å². The summed E-state index contributed by atoms with van der Waals surface area (Å²) in [6.45, 7) is 6.02. The van der Waals surface area contributed by atoms with Crippen LogP contribution in [-0.4, -0.2) is 43.7 Å². The summed E-state index contributed by atoms with van der Waals surface area (Å²) in [5.41, 5.74) is 1.90. The number of aromatic nitrogens is 5. The smallest absolute Gasteiger partial charge is 0.346 e. The van der Waals surface area contributed by atoms with Crippen LogP contribution in [0, 0.1) is 12.8 Å². The molecule has 0 aromatic carbocycles. The fourth-order valence-corrected chi connectivity index (χ4v) is 4.18. The van der Waals surface area contributed by atoms with Crippen LogP contribution in [0.4, 0.5) is 24.7 Å². The number of nitrogens with one attached hydrogen (secondary N) is 1. The summed E-state index contributed by atoms with van der Waals surface area (Å²) in [4.78, 5) is 27.3. The molecule has 12 heteroatoms. The summed E-state index contributed by atoms with van der Waals surface area (Å²) in [6, 6.07) is 0.774. The van der Waals surface area contributed by atoms with Gasteiger partial charge in [-0.1, -0.05) is 13.8 Å². The molecule has 4 heterocycles. The van der Waals surface area contributed by atoms with Gasteiger partial charge in [0.25, 0.3) is 0 Å². The van der Waals surface area contributed by atoms with Gasteiger partial charge in [-0.2, -0.15) is 31.8 Å². The molecule has 4 rings (SSSR count). The number of alkyl halides is 3.